The number of aromatic nitrogens is 2. The molecule has 2 heterocycles. The van der Waals surface area contributed by atoms with Gasteiger partial charge in [0.05, 0.1) is 25.4 Å². The molecule has 1 aliphatic heterocycles. The van der Waals surface area contributed by atoms with Gasteiger partial charge in [0.1, 0.15) is 12.9 Å². The zero-order chi connectivity index (χ0) is 17.2. The number of carboxylic acid groups (broad SMARTS) is 1. The van der Waals surface area contributed by atoms with E-state index < -0.39 is 5.97 Å². The molecule has 1 aromatic heterocycles. The first-order valence-corrected chi connectivity index (χ1v) is 7.82. The highest BCUT2D eigenvalue weighted by atomic mass is 16.5. The average Bonchev–Trinajstić information content (AvgIpc) is 2.61. The third-order valence-corrected chi connectivity index (χ3v) is 3.65. The highest BCUT2D eigenvalue weighted by Crippen LogP contribution is 2.10. The van der Waals surface area contributed by atoms with Crippen LogP contribution in [0.4, 0.5) is 5.95 Å². The van der Waals surface area contributed by atoms with E-state index in [1.54, 1.807) is 0 Å². The second-order valence-electron chi connectivity index (χ2n) is 5.26. The Labute approximate surface area is 140 Å². The van der Waals surface area contributed by atoms with Gasteiger partial charge in [0.25, 0.3) is 0 Å². The van der Waals surface area contributed by atoms with Crippen LogP contribution in [-0.4, -0.2) is 91.4 Å². The molecule has 24 heavy (non-hydrogen) atoms. The minimum absolute atomic E-state index is 0.0895. The van der Waals surface area contributed by atoms with Crippen LogP contribution in [-0.2, 0) is 14.3 Å². The first-order chi connectivity index (χ1) is 11.7. The van der Waals surface area contributed by atoms with Crippen LogP contribution >= 0.6 is 0 Å². The van der Waals surface area contributed by atoms with Crippen molar-refractivity contribution in [2.75, 3.05) is 64.1 Å². The standard InChI is InChI=1S/C15H22N4O5/c20-6-8-24-10-9-23-7-5-18-1-3-19(4-2-18)15-16-11-13(12-17-15)14(21)22/h6,11-12H,1-5,7-10H2,(H,21,22). The van der Waals surface area contributed by atoms with Gasteiger partial charge in [0.15, 0.2) is 0 Å². The third-order valence-electron chi connectivity index (χ3n) is 3.65. The van der Waals surface area contributed by atoms with Crippen molar-refractivity contribution in [3.63, 3.8) is 0 Å². The fourth-order valence-electron chi connectivity index (χ4n) is 2.31. The molecular weight excluding hydrogens is 316 g/mol. The Morgan fingerprint density at radius 1 is 1.12 bits per heavy atom. The van der Waals surface area contributed by atoms with Gasteiger partial charge in [-0.3, -0.25) is 4.90 Å². The number of aldehydes is 1. The Morgan fingerprint density at radius 3 is 2.42 bits per heavy atom. The number of carbonyl (C=O) groups is 2. The van der Waals surface area contributed by atoms with Crippen molar-refractivity contribution in [2.45, 2.75) is 0 Å². The average molecular weight is 338 g/mol. The number of hydrogen-bond acceptors (Lipinski definition) is 8. The first kappa shape index (κ1) is 18.2. The van der Waals surface area contributed by atoms with Crippen molar-refractivity contribution in [3.05, 3.63) is 18.0 Å². The van der Waals surface area contributed by atoms with Crippen molar-refractivity contribution in [1.82, 2.24) is 14.9 Å². The Bertz CT molecular complexity index is 517. The van der Waals surface area contributed by atoms with E-state index >= 15 is 0 Å². The van der Waals surface area contributed by atoms with E-state index in [-0.39, 0.29) is 12.2 Å². The van der Waals surface area contributed by atoms with Gasteiger partial charge in [0.2, 0.25) is 5.95 Å². The number of anilines is 1. The molecule has 0 spiro atoms. The highest BCUT2D eigenvalue weighted by molar-refractivity contribution is 5.86. The molecule has 1 saturated heterocycles. The number of rotatable bonds is 10. The molecule has 132 valence electrons. The lowest BCUT2D eigenvalue weighted by Gasteiger charge is -2.34. The lowest BCUT2D eigenvalue weighted by atomic mass is 10.3. The van der Waals surface area contributed by atoms with Crippen LogP contribution in [0.25, 0.3) is 0 Å². The summed E-state index contributed by atoms with van der Waals surface area (Å²) in [5.41, 5.74) is 0.0895. The van der Waals surface area contributed by atoms with Gasteiger partial charge in [-0.1, -0.05) is 0 Å². The van der Waals surface area contributed by atoms with E-state index in [9.17, 15) is 9.59 Å². The molecule has 0 aliphatic carbocycles. The summed E-state index contributed by atoms with van der Waals surface area (Å²) >= 11 is 0. The molecule has 0 amide bonds. The summed E-state index contributed by atoms with van der Waals surface area (Å²) in [4.78, 5) is 33.4. The third kappa shape index (κ3) is 5.84. The number of carbonyl (C=O) groups excluding carboxylic acids is 1. The summed E-state index contributed by atoms with van der Waals surface area (Å²) < 4.78 is 10.5. The van der Waals surface area contributed by atoms with E-state index in [4.69, 9.17) is 14.6 Å². The summed E-state index contributed by atoms with van der Waals surface area (Å²) in [6, 6.07) is 0. The van der Waals surface area contributed by atoms with Crippen LogP contribution in [0, 0.1) is 0 Å². The summed E-state index contributed by atoms with van der Waals surface area (Å²) in [7, 11) is 0. The van der Waals surface area contributed by atoms with Gasteiger partial charge in [-0.25, -0.2) is 14.8 Å². The highest BCUT2D eigenvalue weighted by Gasteiger charge is 2.19. The predicted octanol–water partition coefficient (Wildman–Crippen LogP) is -0.471. The maximum absolute atomic E-state index is 10.8. The number of carboxylic acids is 1. The topological polar surface area (TPSA) is 105 Å². The Kier molecular flexibility index (Phi) is 7.53. The van der Waals surface area contributed by atoms with Crippen LogP contribution in [0.15, 0.2) is 12.4 Å². The van der Waals surface area contributed by atoms with Gasteiger partial charge in [0, 0.05) is 45.1 Å². The van der Waals surface area contributed by atoms with Crippen LogP contribution < -0.4 is 4.90 Å². The smallest absolute Gasteiger partial charge is 0.338 e. The Morgan fingerprint density at radius 2 is 1.79 bits per heavy atom. The maximum atomic E-state index is 10.8. The quantitative estimate of drug-likeness (QED) is 0.447. The van der Waals surface area contributed by atoms with Gasteiger partial charge < -0.3 is 24.3 Å². The molecular formula is C15H22N4O5. The molecule has 0 bridgehead atoms. The molecule has 9 nitrogen and oxygen atoms in total. The molecule has 1 aliphatic rings. The Hall–Kier alpha value is -2.10. The van der Waals surface area contributed by atoms with Crippen LogP contribution in [0.3, 0.4) is 0 Å². The number of aromatic carboxylic acids is 1. The van der Waals surface area contributed by atoms with Gasteiger partial charge in [-0.05, 0) is 0 Å². The minimum Gasteiger partial charge on any atom is -0.478 e. The largest absolute Gasteiger partial charge is 0.478 e. The van der Waals surface area contributed by atoms with Crippen LogP contribution in [0.1, 0.15) is 10.4 Å². The van der Waals surface area contributed by atoms with Crippen molar-refractivity contribution < 1.29 is 24.2 Å². The van der Waals surface area contributed by atoms with Crippen molar-refractivity contribution in [2.24, 2.45) is 0 Å². The number of ether oxygens (including phenoxy) is 2. The lowest BCUT2D eigenvalue weighted by Crippen LogP contribution is -2.47. The molecule has 0 aromatic carbocycles. The fourth-order valence-corrected chi connectivity index (χ4v) is 2.31. The molecule has 0 radical (unpaired) electrons. The molecule has 9 heteroatoms. The van der Waals surface area contributed by atoms with Crippen molar-refractivity contribution >= 4 is 18.2 Å². The molecule has 1 aromatic rings. The number of hydrogen-bond donors (Lipinski definition) is 1. The molecule has 0 atom stereocenters. The number of nitrogens with zero attached hydrogens (tertiary/aromatic N) is 4. The zero-order valence-corrected chi connectivity index (χ0v) is 13.5. The summed E-state index contributed by atoms with van der Waals surface area (Å²) in [6.45, 7) is 5.79. The predicted molar refractivity (Wildman–Crippen MR) is 85.3 cm³/mol. The van der Waals surface area contributed by atoms with E-state index in [0.717, 1.165) is 39.0 Å². The fraction of sp³-hybridized carbons (Fsp3) is 0.600. The molecule has 1 N–H and O–H groups in total. The van der Waals surface area contributed by atoms with Crippen LogP contribution in [0.5, 0.6) is 0 Å². The van der Waals surface area contributed by atoms with Gasteiger partial charge in [-0.2, -0.15) is 0 Å². The number of piperazine rings is 1. The van der Waals surface area contributed by atoms with Gasteiger partial charge in [-0.15, -0.1) is 0 Å². The zero-order valence-electron chi connectivity index (χ0n) is 13.5. The molecule has 1 fully saturated rings. The summed E-state index contributed by atoms with van der Waals surface area (Å²) in [6.07, 6.45) is 3.38. The second kappa shape index (κ2) is 9.91. The summed E-state index contributed by atoms with van der Waals surface area (Å²) in [5.74, 6) is -0.467. The van der Waals surface area contributed by atoms with Crippen LogP contribution in [0.2, 0.25) is 0 Å². The molecule has 0 unspecified atom stereocenters. The van der Waals surface area contributed by atoms with E-state index in [0.29, 0.717) is 25.8 Å². The first-order valence-electron chi connectivity index (χ1n) is 7.82. The van der Waals surface area contributed by atoms with Crippen molar-refractivity contribution in [3.8, 4) is 0 Å². The van der Waals surface area contributed by atoms with E-state index in [2.05, 4.69) is 14.9 Å². The minimum atomic E-state index is -1.03. The molecule has 0 saturated carbocycles. The molecule has 2 rings (SSSR count). The van der Waals surface area contributed by atoms with E-state index in [1.165, 1.54) is 12.4 Å². The Balaban J connectivity index is 1.62. The monoisotopic (exact) mass is 338 g/mol. The second-order valence-corrected chi connectivity index (χ2v) is 5.26. The van der Waals surface area contributed by atoms with E-state index in [1.807, 2.05) is 4.90 Å². The normalized spacial score (nSPS) is 15.4. The van der Waals surface area contributed by atoms with Crippen molar-refractivity contribution in [1.29, 1.82) is 0 Å². The summed E-state index contributed by atoms with van der Waals surface area (Å²) in [5, 5.41) is 8.85. The lowest BCUT2D eigenvalue weighted by molar-refractivity contribution is -0.112. The van der Waals surface area contributed by atoms with Gasteiger partial charge >= 0.3 is 5.97 Å². The maximum Gasteiger partial charge on any atom is 0.338 e. The SMILES string of the molecule is O=CCOCCOCCN1CCN(c2ncc(C(=O)O)cn2)CC1.